The van der Waals surface area contributed by atoms with E-state index in [4.69, 9.17) is 16.3 Å². The van der Waals surface area contributed by atoms with E-state index >= 15 is 0 Å². The summed E-state index contributed by atoms with van der Waals surface area (Å²) in [5, 5.41) is 10.6. The van der Waals surface area contributed by atoms with Gasteiger partial charge in [-0.25, -0.2) is 4.98 Å². The standard InChI is InChI=1S/C10H7ClN4O3/c1-6-2-3-7(4-12-6)18-10-8(15(16)17)9(11)13-5-14-10/h2-5H,1H3. The van der Waals surface area contributed by atoms with Gasteiger partial charge in [-0.1, -0.05) is 11.6 Å². The smallest absolute Gasteiger partial charge is 0.368 e. The first-order valence-electron chi connectivity index (χ1n) is 4.83. The van der Waals surface area contributed by atoms with E-state index in [9.17, 15) is 10.1 Å². The van der Waals surface area contributed by atoms with Crippen LogP contribution in [0.4, 0.5) is 5.69 Å². The third-order valence-electron chi connectivity index (χ3n) is 2.03. The molecule has 0 saturated heterocycles. The molecule has 2 aromatic heterocycles. The van der Waals surface area contributed by atoms with Gasteiger partial charge in [-0.15, -0.1) is 0 Å². The first-order chi connectivity index (χ1) is 8.58. The average molecular weight is 267 g/mol. The van der Waals surface area contributed by atoms with Gasteiger partial charge in [-0.3, -0.25) is 15.1 Å². The number of hydrogen-bond donors (Lipinski definition) is 0. The minimum Gasteiger partial charge on any atom is -0.432 e. The summed E-state index contributed by atoms with van der Waals surface area (Å²) in [6.45, 7) is 1.81. The molecule has 0 aromatic carbocycles. The number of aromatic nitrogens is 3. The Morgan fingerprint density at radius 2 is 2.11 bits per heavy atom. The van der Waals surface area contributed by atoms with E-state index in [0.29, 0.717) is 5.75 Å². The van der Waals surface area contributed by atoms with Crippen molar-refractivity contribution in [2.24, 2.45) is 0 Å². The molecule has 18 heavy (non-hydrogen) atoms. The molecule has 2 rings (SSSR count). The van der Waals surface area contributed by atoms with Crippen molar-refractivity contribution in [3.63, 3.8) is 0 Å². The van der Waals surface area contributed by atoms with E-state index in [0.717, 1.165) is 12.0 Å². The molecule has 0 bridgehead atoms. The van der Waals surface area contributed by atoms with Gasteiger partial charge in [0, 0.05) is 5.69 Å². The van der Waals surface area contributed by atoms with Crippen molar-refractivity contribution < 1.29 is 9.66 Å². The van der Waals surface area contributed by atoms with Crippen molar-refractivity contribution >= 4 is 17.3 Å². The van der Waals surface area contributed by atoms with Crippen LogP contribution in [-0.2, 0) is 0 Å². The van der Waals surface area contributed by atoms with Crippen LogP contribution in [0.5, 0.6) is 11.6 Å². The van der Waals surface area contributed by atoms with Crippen LogP contribution in [0.2, 0.25) is 5.15 Å². The monoisotopic (exact) mass is 266 g/mol. The van der Waals surface area contributed by atoms with Crippen molar-refractivity contribution in [3.8, 4) is 11.6 Å². The number of ether oxygens (including phenoxy) is 1. The number of nitrogens with zero attached hydrogens (tertiary/aromatic N) is 4. The van der Waals surface area contributed by atoms with Gasteiger partial charge >= 0.3 is 11.6 Å². The quantitative estimate of drug-likeness (QED) is 0.482. The number of halogens is 1. The SMILES string of the molecule is Cc1ccc(Oc2ncnc(Cl)c2[N+](=O)[O-])cn1. The summed E-state index contributed by atoms with van der Waals surface area (Å²) in [7, 11) is 0. The Labute approximate surface area is 107 Å². The van der Waals surface area contributed by atoms with Crippen LogP contribution >= 0.6 is 11.6 Å². The van der Waals surface area contributed by atoms with Crippen molar-refractivity contribution in [2.45, 2.75) is 6.92 Å². The summed E-state index contributed by atoms with van der Waals surface area (Å²) in [5.74, 6) is 0.115. The average Bonchev–Trinajstić information content (AvgIpc) is 2.32. The third-order valence-corrected chi connectivity index (χ3v) is 2.30. The molecule has 0 N–H and O–H groups in total. The zero-order valence-corrected chi connectivity index (χ0v) is 9.96. The normalized spacial score (nSPS) is 10.1. The van der Waals surface area contributed by atoms with Gasteiger partial charge in [0.05, 0.1) is 11.1 Å². The van der Waals surface area contributed by atoms with Crippen LogP contribution in [0.1, 0.15) is 5.69 Å². The van der Waals surface area contributed by atoms with E-state index in [2.05, 4.69) is 15.0 Å². The molecule has 8 heteroatoms. The van der Waals surface area contributed by atoms with E-state index < -0.39 is 10.6 Å². The highest BCUT2D eigenvalue weighted by Gasteiger charge is 2.23. The molecule has 2 heterocycles. The lowest BCUT2D eigenvalue weighted by Crippen LogP contribution is -1.98. The summed E-state index contributed by atoms with van der Waals surface area (Å²) in [6.07, 6.45) is 2.53. The molecular formula is C10H7ClN4O3. The molecular weight excluding hydrogens is 260 g/mol. The highest BCUT2D eigenvalue weighted by molar-refractivity contribution is 6.31. The Morgan fingerprint density at radius 3 is 2.72 bits per heavy atom. The minimum atomic E-state index is -0.695. The highest BCUT2D eigenvalue weighted by atomic mass is 35.5. The molecule has 0 spiro atoms. The first kappa shape index (κ1) is 12.2. The highest BCUT2D eigenvalue weighted by Crippen LogP contribution is 2.33. The molecule has 0 amide bonds. The van der Waals surface area contributed by atoms with Gasteiger partial charge in [0.2, 0.25) is 5.15 Å². The summed E-state index contributed by atoms with van der Waals surface area (Å²) >= 11 is 5.63. The van der Waals surface area contributed by atoms with Gasteiger partial charge in [-0.05, 0) is 19.1 Å². The molecule has 0 aliphatic heterocycles. The van der Waals surface area contributed by atoms with Gasteiger partial charge < -0.3 is 4.74 Å². The van der Waals surface area contributed by atoms with Crippen molar-refractivity contribution in [2.75, 3.05) is 0 Å². The topological polar surface area (TPSA) is 91.0 Å². The Bertz CT molecular complexity index is 588. The van der Waals surface area contributed by atoms with Crippen LogP contribution in [0.25, 0.3) is 0 Å². The van der Waals surface area contributed by atoms with Gasteiger partial charge in [0.25, 0.3) is 0 Å². The molecule has 0 fully saturated rings. The lowest BCUT2D eigenvalue weighted by Gasteiger charge is -2.04. The lowest BCUT2D eigenvalue weighted by atomic mass is 10.4. The fraction of sp³-hybridized carbons (Fsp3) is 0.100. The van der Waals surface area contributed by atoms with Gasteiger partial charge in [0.15, 0.2) is 0 Å². The lowest BCUT2D eigenvalue weighted by molar-refractivity contribution is -0.386. The Hall–Kier alpha value is -2.28. The van der Waals surface area contributed by atoms with Gasteiger partial charge in [0.1, 0.15) is 12.1 Å². The van der Waals surface area contributed by atoms with Crippen molar-refractivity contribution in [1.82, 2.24) is 15.0 Å². The van der Waals surface area contributed by atoms with E-state index in [-0.39, 0.29) is 11.0 Å². The molecule has 0 atom stereocenters. The van der Waals surface area contributed by atoms with Crippen LogP contribution in [0, 0.1) is 17.0 Å². The zero-order chi connectivity index (χ0) is 13.1. The second kappa shape index (κ2) is 4.92. The summed E-state index contributed by atoms with van der Waals surface area (Å²) in [5.41, 5.74) is 0.331. The number of hydrogen-bond acceptors (Lipinski definition) is 6. The predicted molar refractivity (Wildman–Crippen MR) is 62.7 cm³/mol. The second-order valence-corrected chi connectivity index (χ2v) is 3.67. The third kappa shape index (κ3) is 2.51. The Kier molecular flexibility index (Phi) is 3.33. The largest absolute Gasteiger partial charge is 0.432 e. The Balaban J connectivity index is 2.37. The number of rotatable bonds is 3. The molecule has 0 aliphatic carbocycles. The zero-order valence-electron chi connectivity index (χ0n) is 9.20. The van der Waals surface area contributed by atoms with E-state index in [1.54, 1.807) is 12.1 Å². The summed E-state index contributed by atoms with van der Waals surface area (Å²) in [4.78, 5) is 21.4. The number of aryl methyl sites for hydroxylation is 1. The summed E-state index contributed by atoms with van der Waals surface area (Å²) in [6, 6.07) is 3.34. The minimum absolute atomic E-state index is 0.217. The maximum absolute atomic E-state index is 10.8. The maximum atomic E-state index is 10.8. The van der Waals surface area contributed by atoms with E-state index in [1.807, 2.05) is 6.92 Å². The Morgan fingerprint density at radius 1 is 1.33 bits per heavy atom. The molecule has 7 nitrogen and oxygen atoms in total. The molecule has 92 valence electrons. The maximum Gasteiger partial charge on any atom is 0.368 e. The molecule has 0 unspecified atom stereocenters. The van der Waals surface area contributed by atoms with E-state index in [1.165, 1.54) is 6.20 Å². The number of pyridine rings is 1. The van der Waals surface area contributed by atoms with Gasteiger partial charge in [-0.2, -0.15) is 4.98 Å². The van der Waals surface area contributed by atoms with Crippen molar-refractivity contribution in [1.29, 1.82) is 0 Å². The van der Waals surface area contributed by atoms with Crippen LogP contribution in [0.15, 0.2) is 24.7 Å². The fourth-order valence-corrected chi connectivity index (χ4v) is 1.39. The predicted octanol–water partition coefficient (Wildman–Crippen LogP) is 2.53. The first-order valence-corrected chi connectivity index (χ1v) is 5.21. The second-order valence-electron chi connectivity index (χ2n) is 3.31. The molecule has 0 radical (unpaired) electrons. The number of nitro groups is 1. The molecule has 0 saturated carbocycles. The fourth-order valence-electron chi connectivity index (χ4n) is 1.20. The molecule has 0 aliphatic rings. The summed E-state index contributed by atoms with van der Waals surface area (Å²) < 4.78 is 5.27. The molecule has 2 aromatic rings. The van der Waals surface area contributed by atoms with Crippen LogP contribution in [0.3, 0.4) is 0 Å². The van der Waals surface area contributed by atoms with Crippen LogP contribution < -0.4 is 4.74 Å². The van der Waals surface area contributed by atoms with Crippen LogP contribution in [-0.4, -0.2) is 19.9 Å². The van der Waals surface area contributed by atoms with Crippen molar-refractivity contribution in [3.05, 3.63) is 45.6 Å².